The van der Waals surface area contributed by atoms with Crippen molar-refractivity contribution in [3.05, 3.63) is 158 Å². The number of aromatic nitrogens is 2. The smallest absolute Gasteiger partial charge is 0.135 e. The van der Waals surface area contributed by atoms with E-state index in [2.05, 4.69) is 146 Å². The van der Waals surface area contributed by atoms with Crippen LogP contribution in [-0.2, 0) is 0 Å². The lowest BCUT2D eigenvalue weighted by Crippen LogP contribution is -1.92. The number of hydrogen-bond donors (Lipinski definition) is 0. The van der Waals surface area contributed by atoms with Crippen LogP contribution in [0.4, 0.5) is 0 Å². The molecule has 0 N–H and O–H groups in total. The molecule has 3 aromatic heterocycles. The second-order valence-corrected chi connectivity index (χ2v) is 13.0. The minimum Gasteiger partial charge on any atom is -0.456 e. The van der Waals surface area contributed by atoms with Crippen LogP contribution in [0.25, 0.3) is 110 Å². The molecule has 0 radical (unpaired) electrons. The van der Waals surface area contributed by atoms with Crippen LogP contribution in [0, 0.1) is 0 Å². The molecule has 3 heterocycles. The van der Waals surface area contributed by atoms with Crippen molar-refractivity contribution >= 4 is 76.1 Å². The van der Waals surface area contributed by atoms with Gasteiger partial charge in [0.2, 0.25) is 0 Å². The van der Waals surface area contributed by atoms with E-state index in [1.54, 1.807) is 0 Å². The van der Waals surface area contributed by atoms with Crippen LogP contribution in [-0.4, -0.2) is 9.97 Å². The third kappa shape index (κ3) is 3.96. The van der Waals surface area contributed by atoms with Gasteiger partial charge in [-0.25, -0.2) is 9.97 Å². The van der Waals surface area contributed by atoms with Crippen molar-refractivity contribution in [1.29, 1.82) is 0 Å². The van der Waals surface area contributed by atoms with Crippen molar-refractivity contribution in [2.24, 2.45) is 0 Å². The highest BCUT2D eigenvalue weighted by atomic mass is 16.3. The zero-order valence-electron chi connectivity index (χ0n) is 26.3. The maximum Gasteiger partial charge on any atom is 0.135 e. The molecule has 0 spiro atoms. The summed E-state index contributed by atoms with van der Waals surface area (Å²) < 4.78 is 6.08. The van der Waals surface area contributed by atoms with Crippen LogP contribution in [0.1, 0.15) is 0 Å². The molecule has 0 aliphatic rings. The summed E-state index contributed by atoms with van der Waals surface area (Å²) >= 11 is 0. The summed E-state index contributed by atoms with van der Waals surface area (Å²) in [5.74, 6) is 0. The minimum atomic E-state index is 0.901. The van der Waals surface area contributed by atoms with Crippen molar-refractivity contribution in [2.45, 2.75) is 0 Å². The molecule has 3 heteroatoms. The molecule has 0 aliphatic heterocycles. The van der Waals surface area contributed by atoms with Gasteiger partial charge >= 0.3 is 0 Å². The predicted molar refractivity (Wildman–Crippen MR) is 204 cm³/mol. The molecule has 0 fully saturated rings. The molecule has 0 saturated heterocycles. The predicted octanol–water partition coefficient (Wildman–Crippen LogP) is 12.6. The standard InChI is InChI=1S/C46H26N2O/c1-2-10-41-36(9-1)38-26-33(19-24-42(38)49-41)32-7-4-8-34(25-32)39-22-17-30-13-14-31-18-23-40(48-46(31)45(30)47-39)35-20-15-29-12-11-27-5-3-6-28-16-21-37(35)44(29)43(27)28/h1-26H. The van der Waals surface area contributed by atoms with Crippen LogP contribution in [0.2, 0.25) is 0 Å². The lowest BCUT2D eigenvalue weighted by atomic mass is 9.91. The maximum atomic E-state index is 6.08. The molecule has 0 saturated carbocycles. The van der Waals surface area contributed by atoms with Gasteiger partial charge in [-0.2, -0.15) is 0 Å². The van der Waals surface area contributed by atoms with E-state index in [9.17, 15) is 0 Å². The number of pyridine rings is 2. The molecule has 11 rings (SSSR count). The van der Waals surface area contributed by atoms with Gasteiger partial charge in [-0.3, -0.25) is 0 Å². The average molecular weight is 623 g/mol. The van der Waals surface area contributed by atoms with Crippen molar-refractivity contribution in [3.63, 3.8) is 0 Å². The topological polar surface area (TPSA) is 38.9 Å². The Kier molecular flexibility index (Phi) is 5.38. The van der Waals surface area contributed by atoms with Crippen LogP contribution in [0.5, 0.6) is 0 Å². The van der Waals surface area contributed by atoms with Gasteiger partial charge in [-0.1, -0.05) is 121 Å². The maximum absolute atomic E-state index is 6.08. The Labute approximate surface area is 281 Å². The number of furan rings is 1. The van der Waals surface area contributed by atoms with Gasteiger partial charge in [-0.05, 0) is 79.8 Å². The van der Waals surface area contributed by atoms with Gasteiger partial charge in [0.25, 0.3) is 0 Å². The Morgan fingerprint density at radius 3 is 1.82 bits per heavy atom. The third-order valence-corrected chi connectivity index (χ3v) is 10.2. The molecule has 0 atom stereocenters. The average Bonchev–Trinajstić information content (AvgIpc) is 3.54. The van der Waals surface area contributed by atoms with Crippen molar-refractivity contribution in [2.75, 3.05) is 0 Å². The quantitative estimate of drug-likeness (QED) is 0.184. The van der Waals surface area contributed by atoms with Gasteiger partial charge in [-0.15, -0.1) is 0 Å². The van der Waals surface area contributed by atoms with E-state index >= 15 is 0 Å². The first-order chi connectivity index (χ1) is 24.2. The summed E-state index contributed by atoms with van der Waals surface area (Å²) in [5.41, 5.74) is 9.99. The molecule has 49 heavy (non-hydrogen) atoms. The lowest BCUT2D eigenvalue weighted by Gasteiger charge is -2.14. The number of benzene rings is 8. The fourth-order valence-corrected chi connectivity index (χ4v) is 7.80. The van der Waals surface area contributed by atoms with Gasteiger partial charge in [0, 0.05) is 32.7 Å². The Hall–Kier alpha value is -6.58. The second-order valence-electron chi connectivity index (χ2n) is 13.0. The van der Waals surface area contributed by atoms with E-state index in [0.717, 1.165) is 77.4 Å². The minimum absolute atomic E-state index is 0.901. The van der Waals surface area contributed by atoms with Crippen molar-refractivity contribution < 1.29 is 4.42 Å². The summed E-state index contributed by atoms with van der Waals surface area (Å²) in [4.78, 5) is 10.6. The fraction of sp³-hybridized carbons (Fsp3) is 0. The molecule has 0 amide bonds. The fourth-order valence-electron chi connectivity index (χ4n) is 7.80. The van der Waals surface area contributed by atoms with Crippen LogP contribution in [0.15, 0.2) is 162 Å². The van der Waals surface area contributed by atoms with Crippen LogP contribution >= 0.6 is 0 Å². The van der Waals surface area contributed by atoms with E-state index in [-0.39, 0.29) is 0 Å². The summed E-state index contributed by atoms with van der Waals surface area (Å²) in [5, 5.41) is 12.0. The first-order valence-electron chi connectivity index (χ1n) is 16.6. The highest BCUT2D eigenvalue weighted by Gasteiger charge is 2.15. The van der Waals surface area contributed by atoms with E-state index in [4.69, 9.17) is 14.4 Å². The molecular formula is C46H26N2O. The lowest BCUT2D eigenvalue weighted by molar-refractivity contribution is 0.669. The molecule has 3 nitrogen and oxygen atoms in total. The zero-order chi connectivity index (χ0) is 32.1. The zero-order valence-corrected chi connectivity index (χ0v) is 26.3. The van der Waals surface area contributed by atoms with Gasteiger partial charge in [0.1, 0.15) is 11.2 Å². The molecule has 0 bridgehead atoms. The SMILES string of the molecule is c1cc(-c2ccc3oc4ccccc4c3c2)cc(-c2ccc3ccc4ccc(-c5ccc6ccc7cccc8ccc5c6c78)nc4c3n2)c1. The third-order valence-electron chi connectivity index (χ3n) is 10.2. The molecule has 8 aromatic carbocycles. The number of fused-ring (bicyclic) bond motifs is 6. The number of nitrogens with zero attached hydrogens (tertiary/aromatic N) is 2. The first kappa shape index (κ1) is 26.5. The first-order valence-corrected chi connectivity index (χ1v) is 16.6. The second kappa shape index (κ2) is 9.96. The summed E-state index contributed by atoms with van der Waals surface area (Å²) in [6.07, 6.45) is 0. The van der Waals surface area contributed by atoms with Gasteiger partial charge < -0.3 is 4.42 Å². The molecule has 0 aliphatic carbocycles. The Balaban J connectivity index is 1.05. The van der Waals surface area contributed by atoms with E-state index in [1.165, 1.54) is 32.3 Å². The molecule has 11 aromatic rings. The van der Waals surface area contributed by atoms with Crippen LogP contribution in [0.3, 0.4) is 0 Å². The van der Waals surface area contributed by atoms with E-state index in [1.807, 2.05) is 12.1 Å². The largest absolute Gasteiger partial charge is 0.456 e. The summed E-state index contributed by atoms with van der Waals surface area (Å²) in [7, 11) is 0. The van der Waals surface area contributed by atoms with E-state index in [0.29, 0.717) is 0 Å². The molecule has 226 valence electrons. The van der Waals surface area contributed by atoms with E-state index < -0.39 is 0 Å². The highest BCUT2D eigenvalue weighted by Crippen LogP contribution is 2.40. The summed E-state index contributed by atoms with van der Waals surface area (Å²) in [6.45, 7) is 0. The number of para-hydroxylation sites is 1. The normalized spacial score (nSPS) is 12.1. The Bertz CT molecular complexity index is 3100. The van der Waals surface area contributed by atoms with Crippen LogP contribution < -0.4 is 0 Å². The summed E-state index contributed by atoms with van der Waals surface area (Å²) in [6, 6.07) is 56.1. The monoisotopic (exact) mass is 622 g/mol. The number of hydrogen-bond acceptors (Lipinski definition) is 3. The van der Waals surface area contributed by atoms with Gasteiger partial charge in [0.15, 0.2) is 0 Å². The van der Waals surface area contributed by atoms with Crippen molar-refractivity contribution in [3.8, 4) is 33.6 Å². The van der Waals surface area contributed by atoms with Crippen molar-refractivity contribution in [1.82, 2.24) is 9.97 Å². The van der Waals surface area contributed by atoms with Gasteiger partial charge in [0.05, 0.1) is 22.4 Å². The highest BCUT2D eigenvalue weighted by molar-refractivity contribution is 6.25. The Morgan fingerprint density at radius 1 is 0.347 bits per heavy atom. The molecular weight excluding hydrogens is 597 g/mol. The molecule has 0 unspecified atom stereocenters. The number of rotatable bonds is 3. The Morgan fingerprint density at radius 2 is 0.959 bits per heavy atom.